The number of nitrogens with one attached hydrogen (secondary N) is 2. The zero-order valence-corrected chi connectivity index (χ0v) is 14.8. The van der Waals surface area contributed by atoms with Crippen molar-refractivity contribution in [1.29, 1.82) is 5.41 Å². The quantitative estimate of drug-likeness (QED) is 0.490. The molecule has 1 amide bonds. The van der Waals surface area contributed by atoms with Crippen LogP contribution in [0.3, 0.4) is 0 Å². The molecule has 0 aliphatic carbocycles. The third kappa shape index (κ3) is 3.23. The first kappa shape index (κ1) is 17.0. The zero-order valence-electron chi connectivity index (χ0n) is 14.0. The van der Waals surface area contributed by atoms with E-state index in [0.717, 1.165) is 16.5 Å². The molecule has 6 heteroatoms. The number of nitrogens with two attached hydrogens (primary N) is 1. The Bertz CT molecular complexity index is 977. The first-order valence-corrected chi connectivity index (χ1v) is 8.24. The molecule has 0 saturated heterocycles. The van der Waals surface area contributed by atoms with Crippen LogP contribution in [0.25, 0.3) is 10.9 Å². The minimum absolute atomic E-state index is 0.169. The van der Waals surface area contributed by atoms with Crippen LogP contribution in [-0.4, -0.2) is 16.7 Å². The molecular weight excluding hydrogens is 336 g/mol. The second-order valence-electron chi connectivity index (χ2n) is 6.02. The van der Waals surface area contributed by atoms with Gasteiger partial charge in [0.1, 0.15) is 5.69 Å². The first-order valence-electron chi connectivity index (χ1n) is 7.86. The highest BCUT2D eigenvalue weighted by Crippen LogP contribution is 2.24. The van der Waals surface area contributed by atoms with Crippen molar-refractivity contribution in [3.63, 3.8) is 0 Å². The van der Waals surface area contributed by atoms with E-state index in [4.69, 9.17) is 22.7 Å². The molecule has 0 fully saturated rings. The number of fused-ring (bicyclic) bond motifs is 1. The molecule has 0 radical (unpaired) electrons. The molecule has 0 aliphatic heterocycles. The van der Waals surface area contributed by atoms with Gasteiger partial charge in [-0.05, 0) is 36.8 Å². The van der Waals surface area contributed by atoms with Gasteiger partial charge >= 0.3 is 0 Å². The molecule has 1 aromatic heterocycles. The number of hydrogen-bond donors (Lipinski definition) is 3. The molecule has 0 bridgehead atoms. The number of halogens is 1. The van der Waals surface area contributed by atoms with Crippen molar-refractivity contribution in [2.45, 2.75) is 13.0 Å². The monoisotopic (exact) mass is 354 g/mol. The number of rotatable bonds is 4. The molecule has 128 valence electrons. The Morgan fingerprint density at radius 1 is 1.28 bits per heavy atom. The van der Waals surface area contributed by atoms with E-state index in [-0.39, 0.29) is 11.9 Å². The number of nitrogen functional groups attached to an aromatic ring is 1. The van der Waals surface area contributed by atoms with E-state index in [2.05, 4.69) is 5.32 Å². The average molecular weight is 355 g/mol. The van der Waals surface area contributed by atoms with Crippen molar-refractivity contribution in [2.75, 3.05) is 5.73 Å². The second kappa shape index (κ2) is 6.61. The highest BCUT2D eigenvalue weighted by atomic mass is 35.5. The number of aromatic nitrogens is 1. The predicted molar refractivity (Wildman–Crippen MR) is 103 cm³/mol. The third-order valence-electron chi connectivity index (χ3n) is 4.35. The van der Waals surface area contributed by atoms with Crippen molar-refractivity contribution in [3.05, 3.63) is 64.3 Å². The van der Waals surface area contributed by atoms with E-state index in [1.54, 1.807) is 12.1 Å². The Hall–Kier alpha value is -2.79. The van der Waals surface area contributed by atoms with Gasteiger partial charge in [0, 0.05) is 40.4 Å². The Morgan fingerprint density at radius 3 is 2.72 bits per heavy atom. The van der Waals surface area contributed by atoms with Crippen LogP contribution in [0.15, 0.2) is 42.5 Å². The summed E-state index contributed by atoms with van der Waals surface area (Å²) < 4.78 is 1.83. The molecule has 0 saturated carbocycles. The number of hydrogen-bond acceptors (Lipinski definition) is 3. The summed E-state index contributed by atoms with van der Waals surface area (Å²) in [7, 11) is 1.84. The fourth-order valence-electron chi connectivity index (χ4n) is 2.87. The molecule has 1 unspecified atom stereocenters. The number of carbonyl (C=O) groups excluding carboxylic acids is 1. The lowest BCUT2D eigenvalue weighted by molar-refractivity contribution is 0.0932. The Kier molecular flexibility index (Phi) is 4.51. The summed E-state index contributed by atoms with van der Waals surface area (Å²) in [5.74, 6) is -0.169. The number of carbonyl (C=O) groups is 1. The molecule has 1 atom stereocenters. The van der Waals surface area contributed by atoms with Gasteiger partial charge in [0.25, 0.3) is 5.91 Å². The van der Waals surface area contributed by atoms with Gasteiger partial charge < -0.3 is 21.0 Å². The highest BCUT2D eigenvalue weighted by Gasteiger charge is 2.17. The molecule has 5 nitrogen and oxygen atoms in total. The van der Waals surface area contributed by atoms with Gasteiger partial charge in [0.05, 0.1) is 6.04 Å². The van der Waals surface area contributed by atoms with Crippen LogP contribution in [0.1, 0.15) is 34.6 Å². The smallest absolute Gasteiger partial charge is 0.268 e. The van der Waals surface area contributed by atoms with E-state index in [1.165, 1.54) is 6.21 Å². The Balaban J connectivity index is 1.85. The standard InChI is InChI=1S/C19H19ClN4O/c1-11(12-3-4-14(10-21)16(22)7-12)23-19(25)18-8-13-5-6-15(20)9-17(13)24(18)2/h3-11,21H,22H2,1-2H3,(H,23,25). The second-order valence-corrected chi connectivity index (χ2v) is 6.46. The fourth-order valence-corrected chi connectivity index (χ4v) is 3.04. The van der Waals surface area contributed by atoms with Gasteiger partial charge in [0.15, 0.2) is 0 Å². The number of amides is 1. The molecular formula is C19H19ClN4O. The van der Waals surface area contributed by atoms with Crippen LogP contribution >= 0.6 is 11.6 Å². The number of anilines is 1. The summed E-state index contributed by atoms with van der Waals surface area (Å²) in [6, 6.07) is 12.6. The van der Waals surface area contributed by atoms with Crippen LogP contribution in [0.5, 0.6) is 0 Å². The number of nitrogens with zero attached hydrogens (tertiary/aromatic N) is 1. The molecule has 1 heterocycles. The Morgan fingerprint density at radius 2 is 2.04 bits per heavy atom. The van der Waals surface area contributed by atoms with Crippen LogP contribution in [0.2, 0.25) is 5.02 Å². The maximum absolute atomic E-state index is 12.7. The van der Waals surface area contributed by atoms with Gasteiger partial charge in [-0.15, -0.1) is 0 Å². The largest absolute Gasteiger partial charge is 0.398 e. The van der Waals surface area contributed by atoms with E-state index in [9.17, 15) is 4.79 Å². The van der Waals surface area contributed by atoms with Crippen molar-refractivity contribution in [3.8, 4) is 0 Å². The van der Waals surface area contributed by atoms with Crippen LogP contribution in [0, 0.1) is 5.41 Å². The third-order valence-corrected chi connectivity index (χ3v) is 4.59. The van der Waals surface area contributed by atoms with Crippen molar-refractivity contribution >= 4 is 40.3 Å². The van der Waals surface area contributed by atoms with Crippen LogP contribution in [0.4, 0.5) is 5.69 Å². The van der Waals surface area contributed by atoms with Gasteiger partial charge in [-0.2, -0.15) is 0 Å². The lowest BCUT2D eigenvalue weighted by Crippen LogP contribution is -2.28. The van der Waals surface area contributed by atoms with E-state index >= 15 is 0 Å². The Labute approximate surface area is 150 Å². The average Bonchev–Trinajstić information content (AvgIpc) is 2.91. The zero-order chi connectivity index (χ0) is 18.1. The van der Waals surface area contributed by atoms with Crippen LogP contribution in [-0.2, 0) is 7.05 Å². The van der Waals surface area contributed by atoms with E-state index in [0.29, 0.717) is 22.0 Å². The lowest BCUT2D eigenvalue weighted by Gasteiger charge is -2.16. The van der Waals surface area contributed by atoms with Gasteiger partial charge in [-0.1, -0.05) is 29.8 Å². The molecule has 0 aliphatic rings. The highest BCUT2D eigenvalue weighted by molar-refractivity contribution is 6.31. The minimum atomic E-state index is -0.212. The summed E-state index contributed by atoms with van der Waals surface area (Å²) in [4.78, 5) is 12.7. The molecule has 2 aromatic carbocycles. The molecule has 3 aromatic rings. The van der Waals surface area contributed by atoms with Crippen molar-refractivity contribution in [1.82, 2.24) is 9.88 Å². The molecule has 4 N–H and O–H groups in total. The van der Waals surface area contributed by atoms with Crippen molar-refractivity contribution in [2.24, 2.45) is 7.05 Å². The topological polar surface area (TPSA) is 83.9 Å². The van der Waals surface area contributed by atoms with Gasteiger partial charge in [-0.25, -0.2) is 0 Å². The normalized spacial score (nSPS) is 12.1. The van der Waals surface area contributed by atoms with Gasteiger partial charge in [-0.3, -0.25) is 4.79 Å². The summed E-state index contributed by atoms with van der Waals surface area (Å²) >= 11 is 6.04. The lowest BCUT2D eigenvalue weighted by atomic mass is 10.0. The first-order chi connectivity index (χ1) is 11.9. The fraction of sp³-hybridized carbons (Fsp3) is 0.158. The number of aryl methyl sites for hydroxylation is 1. The summed E-state index contributed by atoms with van der Waals surface area (Å²) in [5.41, 5.74) is 9.46. The SMILES string of the molecule is CC(NC(=O)c1cc2ccc(Cl)cc2n1C)c1ccc(C=N)c(N)c1. The molecule has 0 spiro atoms. The summed E-state index contributed by atoms with van der Waals surface area (Å²) in [6.07, 6.45) is 1.21. The maximum atomic E-state index is 12.7. The summed E-state index contributed by atoms with van der Waals surface area (Å²) in [6.45, 7) is 1.90. The summed E-state index contributed by atoms with van der Waals surface area (Å²) in [5, 5.41) is 11.9. The minimum Gasteiger partial charge on any atom is -0.398 e. The van der Waals surface area contributed by atoms with Gasteiger partial charge in [0.2, 0.25) is 0 Å². The van der Waals surface area contributed by atoms with Crippen molar-refractivity contribution < 1.29 is 4.79 Å². The van der Waals surface area contributed by atoms with E-state index in [1.807, 2.05) is 48.9 Å². The maximum Gasteiger partial charge on any atom is 0.268 e. The predicted octanol–water partition coefficient (Wildman–Crippen LogP) is 3.90. The van der Waals surface area contributed by atoms with Crippen LogP contribution < -0.4 is 11.1 Å². The molecule has 3 rings (SSSR count). The number of benzene rings is 2. The molecule has 25 heavy (non-hydrogen) atoms. The van der Waals surface area contributed by atoms with E-state index < -0.39 is 0 Å².